The molecule has 132 valence electrons. The molecule has 4 nitrogen and oxygen atoms in total. The molecule has 2 aromatic carbocycles. The molecule has 0 bridgehead atoms. The number of carbonyl (C=O) groups is 1. The number of benzene rings is 2. The Morgan fingerprint density at radius 2 is 1.77 bits per heavy atom. The van der Waals surface area contributed by atoms with Crippen molar-refractivity contribution >= 4 is 39.7 Å². The van der Waals surface area contributed by atoms with Crippen molar-refractivity contribution in [2.45, 2.75) is 19.8 Å². The van der Waals surface area contributed by atoms with Gasteiger partial charge in [-0.3, -0.25) is 10.1 Å². The van der Waals surface area contributed by atoms with Crippen LogP contribution >= 0.6 is 23.6 Å². The van der Waals surface area contributed by atoms with E-state index in [1.54, 1.807) is 12.1 Å². The Labute approximate surface area is 162 Å². The van der Waals surface area contributed by atoms with Crippen LogP contribution in [0.4, 0.5) is 5.13 Å². The van der Waals surface area contributed by atoms with E-state index in [0.717, 1.165) is 11.3 Å². The van der Waals surface area contributed by atoms with Crippen LogP contribution in [0.2, 0.25) is 0 Å². The summed E-state index contributed by atoms with van der Waals surface area (Å²) in [5, 5.41) is 8.47. The van der Waals surface area contributed by atoms with Crippen LogP contribution in [0.3, 0.4) is 0 Å². The zero-order chi connectivity index (χ0) is 18.5. The Balaban J connectivity index is 1.63. The second-order valence-electron chi connectivity index (χ2n) is 6.09. The van der Waals surface area contributed by atoms with E-state index in [0.29, 0.717) is 16.6 Å². The maximum atomic E-state index is 12.1. The number of hydrogen-bond donors (Lipinski definition) is 2. The fourth-order valence-corrected chi connectivity index (χ4v) is 3.37. The van der Waals surface area contributed by atoms with Crippen molar-refractivity contribution in [1.82, 2.24) is 10.3 Å². The average molecular weight is 382 g/mol. The van der Waals surface area contributed by atoms with Crippen molar-refractivity contribution < 1.29 is 4.79 Å². The van der Waals surface area contributed by atoms with Gasteiger partial charge in [-0.2, -0.15) is 0 Å². The molecule has 0 radical (unpaired) electrons. The zero-order valence-corrected chi connectivity index (χ0v) is 16.2. The molecule has 3 aromatic rings. The number of thiazole rings is 1. The molecule has 0 saturated heterocycles. The first-order valence-corrected chi connectivity index (χ1v) is 9.55. The summed E-state index contributed by atoms with van der Waals surface area (Å²) < 4.78 is 0. The summed E-state index contributed by atoms with van der Waals surface area (Å²) in [6.45, 7) is 4.34. The molecule has 0 aliphatic carbocycles. The van der Waals surface area contributed by atoms with Gasteiger partial charge in [0.15, 0.2) is 10.2 Å². The smallest absolute Gasteiger partial charge is 0.257 e. The van der Waals surface area contributed by atoms with Crippen molar-refractivity contribution in [1.29, 1.82) is 0 Å². The van der Waals surface area contributed by atoms with E-state index in [-0.39, 0.29) is 11.0 Å². The van der Waals surface area contributed by atoms with Crippen LogP contribution in [0.25, 0.3) is 11.3 Å². The molecule has 1 amide bonds. The second kappa shape index (κ2) is 8.21. The van der Waals surface area contributed by atoms with Gasteiger partial charge in [0.25, 0.3) is 5.91 Å². The highest BCUT2D eigenvalue weighted by molar-refractivity contribution is 7.80. The highest BCUT2D eigenvalue weighted by atomic mass is 32.1. The molecule has 0 unspecified atom stereocenters. The number of thiocarbonyl (C=S) groups is 1. The van der Waals surface area contributed by atoms with Crippen molar-refractivity contribution in [2.24, 2.45) is 0 Å². The predicted molar refractivity (Wildman–Crippen MR) is 112 cm³/mol. The van der Waals surface area contributed by atoms with Crippen LogP contribution in [0.1, 0.15) is 35.7 Å². The Kier molecular flexibility index (Phi) is 5.75. The number of aromatic nitrogens is 1. The van der Waals surface area contributed by atoms with Gasteiger partial charge >= 0.3 is 0 Å². The predicted octanol–water partition coefficient (Wildman–Crippen LogP) is 5.06. The Morgan fingerprint density at radius 1 is 1.08 bits per heavy atom. The Morgan fingerprint density at radius 3 is 2.42 bits per heavy atom. The third-order valence-electron chi connectivity index (χ3n) is 3.86. The summed E-state index contributed by atoms with van der Waals surface area (Å²) in [7, 11) is 0. The van der Waals surface area contributed by atoms with Gasteiger partial charge in [-0.25, -0.2) is 4.98 Å². The van der Waals surface area contributed by atoms with E-state index in [4.69, 9.17) is 12.2 Å². The third kappa shape index (κ3) is 4.53. The maximum absolute atomic E-state index is 12.1. The number of carbonyl (C=O) groups excluding carboxylic acids is 1. The Hall–Kier alpha value is -2.57. The lowest BCUT2D eigenvalue weighted by molar-refractivity contribution is 0.0977. The molecule has 3 rings (SSSR count). The summed E-state index contributed by atoms with van der Waals surface area (Å²) >= 11 is 6.65. The summed E-state index contributed by atoms with van der Waals surface area (Å²) in [5.41, 5.74) is 3.79. The van der Waals surface area contributed by atoms with Crippen LogP contribution in [0.15, 0.2) is 60.0 Å². The summed E-state index contributed by atoms with van der Waals surface area (Å²) in [6, 6.07) is 17.3. The minimum Gasteiger partial charge on any atom is -0.308 e. The number of rotatable bonds is 4. The van der Waals surface area contributed by atoms with E-state index in [1.165, 1.54) is 16.9 Å². The zero-order valence-electron chi connectivity index (χ0n) is 14.5. The molecule has 0 spiro atoms. The van der Waals surface area contributed by atoms with E-state index >= 15 is 0 Å². The molecule has 1 heterocycles. The van der Waals surface area contributed by atoms with Crippen molar-refractivity contribution in [2.75, 3.05) is 5.32 Å². The Bertz CT molecular complexity index is 902. The molecule has 1 aromatic heterocycles. The number of amides is 1. The van der Waals surface area contributed by atoms with Gasteiger partial charge in [-0.15, -0.1) is 11.3 Å². The molecule has 2 N–H and O–H groups in total. The van der Waals surface area contributed by atoms with Gasteiger partial charge in [0.05, 0.1) is 5.69 Å². The molecule has 0 aliphatic rings. The van der Waals surface area contributed by atoms with Gasteiger partial charge in [0, 0.05) is 16.5 Å². The molecule has 0 saturated carbocycles. The van der Waals surface area contributed by atoms with Crippen molar-refractivity contribution in [3.63, 3.8) is 0 Å². The first-order valence-electron chi connectivity index (χ1n) is 8.26. The number of nitrogens with zero attached hydrogens (tertiary/aromatic N) is 1. The first kappa shape index (κ1) is 18.2. The molecule has 0 aliphatic heterocycles. The largest absolute Gasteiger partial charge is 0.308 e. The fraction of sp³-hybridized carbons (Fsp3) is 0.150. The van der Waals surface area contributed by atoms with Gasteiger partial charge in [0.1, 0.15) is 0 Å². The minimum atomic E-state index is -0.246. The highest BCUT2D eigenvalue weighted by Crippen LogP contribution is 2.26. The lowest BCUT2D eigenvalue weighted by Crippen LogP contribution is -2.34. The number of anilines is 1. The van der Waals surface area contributed by atoms with Crippen LogP contribution in [0, 0.1) is 0 Å². The van der Waals surface area contributed by atoms with Gasteiger partial charge in [-0.1, -0.05) is 56.3 Å². The second-order valence-corrected chi connectivity index (χ2v) is 7.36. The maximum Gasteiger partial charge on any atom is 0.257 e. The van der Waals surface area contributed by atoms with Crippen LogP contribution < -0.4 is 10.6 Å². The molecule has 26 heavy (non-hydrogen) atoms. The van der Waals surface area contributed by atoms with E-state index in [2.05, 4.69) is 53.7 Å². The van der Waals surface area contributed by atoms with E-state index < -0.39 is 0 Å². The standard InChI is InChI=1S/C20H19N3OS2/c1-13(2)14-8-10-15(11-9-14)17-12-26-20(21-17)23-19(25)22-18(24)16-6-4-3-5-7-16/h3-13H,1-2H3,(H2,21,22,23,24,25). The molecule has 0 fully saturated rings. The van der Waals surface area contributed by atoms with E-state index in [1.807, 2.05) is 23.6 Å². The number of nitrogens with one attached hydrogen (secondary N) is 2. The minimum absolute atomic E-state index is 0.231. The van der Waals surface area contributed by atoms with Gasteiger partial charge < -0.3 is 5.32 Å². The van der Waals surface area contributed by atoms with Crippen molar-refractivity contribution in [3.05, 3.63) is 71.1 Å². The molecular weight excluding hydrogens is 362 g/mol. The van der Waals surface area contributed by atoms with Crippen molar-refractivity contribution in [3.8, 4) is 11.3 Å². The highest BCUT2D eigenvalue weighted by Gasteiger charge is 2.10. The first-order chi connectivity index (χ1) is 12.5. The molecular formula is C20H19N3OS2. The SMILES string of the molecule is CC(C)c1ccc(-c2csc(NC(=S)NC(=O)c3ccccc3)n2)cc1. The van der Waals surface area contributed by atoms with Crippen LogP contribution in [-0.2, 0) is 0 Å². The lowest BCUT2D eigenvalue weighted by atomic mass is 10.0. The van der Waals surface area contributed by atoms with Crippen LogP contribution in [0.5, 0.6) is 0 Å². The summed E-state index contributed by atoms with van der Waals surface area (Å²) in [5.74, 6) is 0.256. The molecule has 0 atom stereocenters. The monoisotopic (exact) mass is 381 g/mol. The topological polar surface area (TPSA) is 54.0 Å². The third-order valence-corrected chi connectivity index (χ3v) is 4.82. The van der Waals surface area contributed by atoms with Gasteiger partial charge in [0.2, 0.25) is 0 Å². The number of hydrogen-bond acceptors (Lipinski definition) is 4. The normalized spacial score (nSPS) is 10.6. The quantitative estimate of drug-likeness (QED) is 0.620. The lowest BCUT2D eigenvalue weighted by Gasteiger charge is -2.07. The average Bonchev–Trinajstić information content (AvgIpc) is 3.10. The summed E-state index contributed by atoms with van der Waals surface area (Å²) in [6.07, 6.45) is 0. The fourth-order valence-electron chi connectivity index (χ4n) is 2.40. The van der Waals surface area contributed by atoms with E-state index in [9.17, 15) is 4.79 Å². The van der Waals surface area contributed by atoms with Gasteiger partial charge in [-0.05, 0) is 35.8 Å². The summed E-state index contributed by atoms with van der Waals surface area (Å²) in [4.78, 5) is 16.6. The molecule has 6 heteroatoms. The van der Waals surface area contributed by atoms with Crippen LogP contribution in [-0.4, -0.2) is 16.0 Å².